The van der Waals surface area contributed by atoms with Gasteiger partial charge in [-0.25, -0.2) is 4.39 Å². The molecule has 2 rings (SSSR count). The Morgan fingerprint density at radius 2 is 1.85 bits per heavy atom. The van der Waals surface area contributed by atoms with E-state index >= 15 is 0 Å². The van der Waals surface area contributed by atoms with Crippen LogP contribution in [-0.4, -0.2) is 30.3 Å². The van der Waals surface area contributed by atoms with Crippen LogP contribution in [0.15, 0.2) is 41.8 Å². The van der Waals surface area contributed by atoms with Crippen molar-refractivity contribution in [3.05, 3.63) is 58.0 Å². The zero-order chi connectivity index (χ0) is 19.3. The first kappa shape index (κ1) is 20.1. The van der Waals surface area contributed by atoms with Crippen molar-refractivity contribution < 1.29 is 14.0 Å². The van der Waals surface area contributed by atoms with Crippen LogP contribution < -0.4 is 5.32 Å². The van der Waals surface area contributed by atoms with Gasteiger partial charge in [0.25, 0.3) is 5.91 Å². The van der Waals surface area contributed by atoms with Crippen molar-refractivity contribution in [1.29, 1.82) is 0 Å². The summed E-state index contributed by atoms with van der Waals surface area (Å²) in [5, 5.41) is 4.82. The molecule has 2 amide bonds. The van der Waals surface area contributed by atoms with Crippen molar-refractivity contribution >= 4 is 23.2 Å². The Balaban J connectivity index is 2.05. The van der Waals surface area contributed by atoms with E-state index in [9.17, 15) is 14.0 Å². The van der Waals surface area contributed by atoms with E-state index in [0.29, 0.717) is 11.3 Å². The maximum absolute atomic E-state index is 13.2. The number of benzene rings is 1. The average molecular weight is 376 g/mol. The van der Waals surface area contributed by atoms with E-state index in [1.807, 2.05) is 5.38 Å². The molecule has 0 aliphatic heterocycles. The molecule has 1 aromatic heterocycles. The predicted molar refractivity (Wildman–Crippen MR) is 103 cm³/mol. The van der Waals surface area contributed by atoms with E-state index in [-0.39, 0.29) is 35.6 Å². The lowest BCUT2D eigenvalue weighted by Gasteiger charge is -2.28. The Kier molecular flexibility index (Phi) is 6.53. The molecule has 6 heteroatoms. The summed E-state index contributed by atoms with van der Waals surface area (Å²) >= 11 is 1.35. The van der Waals surface area contributed by atoms with Crippen molar-refractivity contribution in [2.75, 3.05) is 13.6 Å². The second-order valence-electron chi connectivity index (χ2n) is 7.57. The van der Waals surface area contributed by atoms with Gasteiger partial charge in [-0.3, -0.25) is 9.59 Å². The molecule has 2 aromatic rings. The summed E-state index contributed by atoms with van der Waals surface area (Å²) in [4.78, 5) is 26.8. The maximum atomic E-state index is 13.2. The second-order valence-corrected chi connectivity index (χ2v) is 8.52. The molecule has 1 unspecified atom stereocenters. The van der Waals surface area contributed by atoms with Crippen LogP contribution >= 0.6 is 11.3 Å². The molecule has 1 aromatic carbocycles. The van der Waals surface area contributed by atoms with Gasteiger partial charge in [0, 0.05) is 7.05 Å². The molecular formula is C20H25FN2O2S. The monoisotopic (exact) mass is 376 g/mol. The molecule has 1 N–H and O–H groups in total. The smallest absolute Gasteiger partial charge is 0.264 e. The van der Waals surface area contributed by atoms with Gasteiger partial charge in [0.05, 0.1) is 17.5 Å². The highest BCUT2D eigenvalue weighted by molar-refractivity contribution is 7.12. The van der Waals surface area contributed by atoms with Gasteiger partial charge in [0.15, 0.2) is 0 Å². The van der Waals surface area contributed by atoms with Crippen molar-refractivity contribution in [1.82, 2.24) is 10.2 Å². The summed E-state index contributed by atoms with van der Waals surface area (Å²) in [5.74, 6) is -0.726. The summed E-state index contributed by atoms with van der Waals surface area (Å²) < 4.78 is 13.2. The van der Waals surface area contributed by atoms with Gasteiger partial charge in [-0.15, -0.1) is 11.3 Å². The van der Waals surface area contributed by atoms with Gasteiger partial charge in [-0.05, 0) is 41.0 Å². The third-order valence-corrected chi connectivity index (χ3v) is 4.74. The van der Waals surface area contributed by atoms with Gasteiger partial charge in [-0.1, -0.05) is 39.0 Å². The van der Waals surface area contributed by atoms with E-state index in [2.05, 4.69) is 26.1 Å². The Morgan fingerprint density at radius 3 is 2.38 bits per heavy atom. The summed E-state index contributed by atoms with van der Waals surface area (Å²) in [7, 11) is 1.61. The molecule has 4 nitrogen and oxygen atoms in total. The van der Waals surface area contributed by atoms with Crippen molar-refractivity contribution in [3.63, 3.8) is 0 Å². The number of halogens is 1. The van der Waals surface area contributed by atoms with E-state index in [1.54, 1.807) is 31.3 Å². The number of likely N-dealkylation sites (N-methyl/N-ethyl adjacent to an activating group) is 1. The van der Waals surface area contributed by atoms with E-state index in [1.165, 1.54) is 28.4 Å². The number of rotatable bonds is 6. The number of thiophene rings is 1. The molecule has 0 radical (unpaired) electrons. The van der Waals surface area contributed by atoms with E-state index in [4.69, 9.17) is 0 Å². The molecule has 1 heterocycles. The van der Waals surface area contributed by atoms with Gasteiger partial charge in [0.2, 0.25) is 5.91 Å². The lowest BCUT2D eigenvalue weighted by atomic mass is 9.85. The van der Waals surface area contributed by atoms with E-state index in [0.717, 1.165) is 5.56 Å². The number of nitrogens with one attached hydrogen (secondary N) is 1. The molecular weight excluding hydrogens is 351 g/mol. The normalized spacial score (nSPS) is 12.5. The number of carbonyl (C=O) groups excluding carboxylic acids is 2. The minimum atomic E-state index is -0.309. The zero-order valence-electron chi connectivity index (χ0n) is 15.6. The maximum Gasteiger partial charge on any atom is 0.264 e. The molecule has 140 valence electrons. The Hall–Kier alpha value is -2.21. The highest BCUT2D eigenvalue weighted by atomic mass is 32.1. The highest BCUT2D eigenvalue weighted by Crippen LogP contribution is 2.29. The van der Waals surface area contributed by atoms with Crippen molar-refractivity contribution in [3.8, 4) is 0 Å². The fraction of sp³-hybridized carbons (Fsp3) is 0.400. The fourth-order valence-corrected chi connectivity index (χ4v) is 3.39. The third kappa shape index (κ3) is 5.95. The minimum Gasteiger partial charge on any atom is -0.348 e. The first-order valence-electron chi connectivity index (χ1n) is 8.49. The highest BCUT2D eigenvalue weighted by Gasteiger charge is 2.23. The standard InChI is InChI=1S/C20H25FN2O2S/c1-20(2,3)12-16(14-7-9-15(21)10-8-14)22-18(24)13-23(4)19(25)17-6-5-11-26-17/h5-11,16H,12-13H2,1-4H3,(H,22,24). The molecule has 0 spiro atoms. The van der Waals surface area contributed by atoms with Gasteiger partial charge in [-0.2, -0.15) is 0 Å². The predicted octanol–water partition coefficient (Wildman–Crippen LogP) is 4.25. The summed E-state index contributed by atoms with van der Waals surface area (Å²) in [6.07, 6.45) is 0.701. The van der Waals surface area contributed by atoms with Gasteiger partial charge >= 0.3 is 0 Å². The Morgan fingerprint density at radius 1 is 1.19 bits per heavy atom. The quantitative estimate of drug-likeness (QED) is 0.819. The molecule has 0 bridgehead atoms. The first-order valence-corrected chi connectivity index (χ1v) is 9.37. The lowest BCUT2D eigenvalue weighted by Crippen LogP contribution is -2.40. The molecule has 26 heavy (non-hydrogen) atoms. The number of nitrogens with zero attached hydrogens (tertiary/aromatic N) is 1. The third-order valence-electron chi connectivity index (χ3n) is 3.88. The number of carbonyl (C=O) groups is 2. The molecule has 0 saturated carbocycles. The minimum absolute atomic E-state index is 0.0228. The van der Waals surface area contributed by atoms with E-state index < -0.39 is 0 Å². The van der Waals surface area contributed by atoms with Crippen LogP contribution in [0.5, 0.6) is 0 Å². The zero-order valence-corrected chi connectivity index (χ0v) is 16.4. The van der Waals surface area contributed by atoms with Crippen LogP contribution in [-0.2, 0) is 4.79 Å². The topological polar surface area (TPSA) is 49.4 Å². The number of amides is 2. The Bertz CT molecular complexity index is 736. The largest absolute Gasteiger partial charge is 0.348 e. The van der Waals surface area contributed by atoms with Crippen molar-refractivity contribution in [2.24, 2.45) is 5.41 Å². The fourth-order valence-electron chi connectivity index (χ4n) is 2.68. The molecule has 1 atom stereocenters. The molecule has 0 saturated heterocycles. The van der Waals surface area contributed by atoms with Crippen LogP contribution in [0.3, 0.4) is 0 Å². The van der Waals surface area contributed by atoms with Crippen LogP contribution in [0.25, 0.3) is 0 Å². The van der Waals surface area contributed by atoms with Gasteiger partial charge in [0.1, 0.15) is 5.82 Å². The van der Waals surface area contributed by atoms with Crippen LogP contribution in [0, 0.1) is 11.2 Å². The van der Waals surface area contributed by atoms with Crippen LogP contribution in [0.4, 0.5) is 4.39 Å². The first-order chi connectivity index (χ1) is 12.2. The summed E-state index contributed by atoms with van der Waals surface area (Å²) in [5.41, 5.74) is 0.826. The van der Waals surface area contributed by atoms with Crippen LogP contribution in [0.2, 0.25) is 0 Å². The Labute approximate surface area is 158 Å². The number of hydrogen-bond donors (Lipinski definition) is 1. The summed E-state index contributed by atoms with van der Waals surface area (Å²) in [6, 6.07) is 9.46. The second kappa shape index (κ2) is 8.45. The number of hydrogen-bond acceptors (Lipinski definition) is 3. The summed E-state index contributed by atoms with van der Waals surface area (Å²) in [6.45, 7) is 6.23. The van der Waals surface area contributed by atoms with Crippen molar-refractivity contribution in [2.45, 2.75) is 33.2 Å². The molecule has 0 aliphatic carbocycles. The molecule has 0 fully saturated rings. The lowest BCUT2D eigenvalue weighted by molar-refractivity contribution is -0.122. The van der Waals surface area contributed by atoms with Crippen LogP contribution in [0.1, 0.15) is 48.5 Å². The average Bonchev–Trinajstić information content (AvgIpc) is 3.07. The molecule has 0 aliphatic rings. The van der Waals surface area contributed by atoms with Gasteiger partial charge < -0.3 is 10.2 Å². The SMILES string of the molecule is CN(CC(=O)NC(CC(C)(C)C)c1ccc(F)cc1)C(=O)c1cccs1.